The molecular weight excluding hydrogens is 336 g/mol. The van der Waals surface area contributed by atoms with Gasteiger partial charge in [-0.1, -0.05) is 27.3 Å². The van der Waals surface area contributed by atoms with Crippen LogP contribution in [0.25, 0.3) is 10.2 Å². The number of rotatable bonds is 3. The summed E-state index contributed by atoms with van der Waals surface area (Å²) >= 11 is 5.12. The first-order valence-electron chi connectivity index (χ1n) is 6.13. The lowest BCUT2D eigenvalue weighted by atomic mass is 10.2. The molecule has 3 nitrogen and oxygen atoms in total. The molecular formula is C15H13BrN2OS. The van der Waals surface area contributed by atoms with Gasteiger partial charge in [-0.05, 0) is 48.9 Å². The smallest absolute Gasteiger partial charge is 0.188 e. The first kappa shape index (κ1) is 13.4. The summed E-state index contributed by atoms with van der Waals surface area (Å²) in [7, 11) is 1.67. The van der Waals surface area contributed by atoms with Gasteiger partial charge in [-0.3, -0.25) is 0 Å². The highest BCUT2D eigenvalue weighted by molar-refractivity contribution is 9.10. The molecule has 20 heavy (non-hydrogen) atoms. The lowest BCUT2D eigenvalue weighted by Gasteiger charge is -2.04. The van der Waals surface area contributed by atoms with Crippen LogP contribution in [0.5, 0.6) is 5.75 Å². The Bertz CT molecular complexity index is 749. The van der Waals surface area contributed by atoms with Gasteiger partial charge in [0.05, 0.1) is 17.3 Å². The summed E-state index contributed by atoms with van der Waals surface area (Å²) < 4.78 is 7.40. The number of nitrogens with one attached hydrogen (secondary N) is 1. The standard InChI is InChI=1S/C15H13BrN2OS/c1-9-5-10(16)7-11(6-9)17-15-18-13-4-3-12(19-2)8-14(13)20-15/h3-8H,1-2H3,(H,17,18). The molecule has 1 aromatic heterocycles. The molecule has 0 bridgehead atoms. The largest absolute Gasteiger partial charge is 0.497 e. The SMILES string of the molecule is COc1ccc2nc(Nc3cc(C)cc(Br)c3)sc2c1. The van der Waals surface area contributed by atoms with Crippen LogP contribution in [-0.4, -0.2) is 12.1 Å². The van der Waals surface area contributed by atoms with Crippen molar-refractivity contribution in [2.45, 2.75) is 6.92 Å². The molecule has 1 N–H and O–H groups in total. The number of thiazole rings is 1. The Morgan fingerprint density at radius 2 is 2.05 bits per heavy atom. The second-order valence-corrected chi connectivity index (χ2v) is 6.44. The van der Waals surface area contributed by atoms with Crippen LogP contribution in [0.4, 0.5) is 10.8 Å². The highest BCUT2D eigenvalue weighted by atomic mass is 79.9. The van der Waals surface area contributed by atoms with Gasteiger partial charge in [0, 0.05) is 10.2 Å². The topological polar surface area (TPSA) is 34.1 Å². The lowest BCUT2D eigenvalue weighted by Crippen LogP contribution is -1.89. The molecule has 5 heteroatoms. The van der Waals surface area contributed by atoms with Gasteiger partial charge in [-0.15, -0.1) is 0 Å². The van der Waals surface area contributed by atoms with Crippen molar-refractivity contribution in [2.24, 2.45) is 0 Å². The Morgan fingerprint density at radius 3 is 2.80 bits per heavy atom. The molecule has 3 rings (SSSR count). The predicted molar refractivity (Wildman–Crippen MR) is 88.3 cm³/mol. The fourth-order valence-corrected chi connectivity index (χ4v) is 3.54. The molecule has 0 aliphatic heterocycles. The van der Waals surface area contributed by atoms with Crippen LogP contribution in [-0.2, 0) is 0 Å². The molecule has 0 aliphatic rings. The number of anilines is 2. The van der Waals surface area contributed by atoms with Crippen LogP contribution < -0.4 is 10.1 Å². The monoisotopic (exact) mass is 348 g/mol. The zero-order valence-corrected chi connectivity index (χ0v) is 13.5. The number of halogens is 1. The van der Waals surface area contributed by atoms with E-state index in [0.717, 1.165) is 31.3 Å². The zero-order valence-electron chi connectivity index (χ0n) is 11.1. The third-order valence-electron chi connectivity index (χ3n) is 2.89. The van der Waals surface area contributed by atoms with Crippen molar-refractivity contribution in [3.63, 3.8) is 0 Å². The van der Waals surface area contributed by atoms with Gasteiger partial charge in [0.1, 0.15) is 5.75 Å². The number of nitrogens with zero attached hydrogens (tertiary/aromatic N) is 1. The van der Waals surface area contributed by atoms with Gasteiger partial charge in [-0.25, -0.2) is 4.98 Å². The quantitative estimate of drug-likeness (QED) is 0.713. The average molecular weight is 349 g/mol. The van der Waals surface area contributed by atoms with E-state index < -0.39 is 0 Å². The summed E-state index contributed by atoms with van der Waals surface area (Å²) in [4.78, 5) is 4.58. The number of ether oxygens (including phenoxy) is 1. The van der Waals surface area contributed by atoms with Crippen LogP contribution >= 0.6 is 27.3 Å². The van der Waals surface area contributed by atoms with Gasteiger partial charge in [0.2, 0.25) is 0 Å². The Kier molecular flexibility index (Phi) is 3.63. The molecule has 0 spiro atoms. The van der Waals surface area contributed by atoms with Crippen molar-refractivity contribution < 1.29 is 4.74 Å². The molecule has 0 amide bonds. The van der Waals surface area contributed by atoms with Crippen LogP contribution in [0, 0.1) is 6.92 Å². The maximum Gasteiger partial charge on any atom is 0.188 e. The summed E-state index contributed by atoms with van der Waals surface area (Å²) in [5, 5.41) is 4.23. The number of fused-ring (bicyclic) bond motifs is 1. The van der Waals surface area contributed by atoms with E-state index in [1.165, 1.54) is 5.56 Å². The third kappa shape index (κ3) is 2.78. The predicted octanol–water partition coefficient (Wildman–Crippen LogP) is 5.12. The van der Waals surface area contributed by atoms with E-state index in [4.69, 9.17) is 4.74 Å². The van der Waals surface area contributed by atoms with Gasteiger partial charge in [0.25, 0.3) is 0 Å². The highest BCUT2D eigenvalue weighted by Gasteiger charge is 2.06. The third-order valence-corrected chi connectivity index (χ3v) is 4.28. The molecule has 0 aliphatic carbocycles. The molecule has 2 aromatic carbocycles. The van der Waals surface area contributed by atoms with E-state index in [2.05, 4.69) is 45.3 Å². The minimum absolute atomic E-state index is 0.853. The highest BCUT2D eigenvalue weighted by Crippen LogP contribution is 2.31. The van der Waals surface area contributed by atoms with Crippen LogP contribution in [0.1, 0.15) is 5.56 Å². The lowest BCUT2D eigenvalue weighted by molar-refractivity contribution is 0.415. The van der Waals surface area contributed by atoms with Crippen LogP contribution in [0.15, 0.2) is 40.9 Å². The van der Waals surface area contributed by atoms with Gasteiger partial charge in [0.15, 0.2) is 5.13 Å². The van der Waals surface area contributed by atoms with E-state index in [1.807, 2.05) is 24.3 Å². The van der Waals surface area contributed by atoms with E-state index in [1.54, 1.807) is 18.4 Å². The van der Waals surface area contributed by atoms with Crippen molar-refractivity contribution >= 4 is 48.3 Å². The minimum Gasteiger partial charge on any atom is -0.497 e. The Morgan fingerprint density at radius 1 is 1.20 bits per heavy atom. The second-order valence-electron chi connectivity index (χ2n) is 4.49. The normalized spacial score (nSPS) is 10.8. The van der Waals surface area contributed by atoms with E-state index >= 15 is 0 Å². The second kappa shape index (κ2) is 5.42. The zero-order chi connectivity index (χ0) is 14.1. The van der Waals surface area contributed by atoms with Crippen molar-refractivity contribution in [1.29, 1.82) is 0 Å². The first-order chi connectivity index (χ1) is 9.64. The van der Waals surface area contributed by atoms with Crippen molar-refractivity contribution in [1.82, 2.24) is 4.98 Å². The maximum absolute atomic E-state index is 5.23. The van der Waals surface area contributed by atoms with Gasteiger partial charge >= 0.3 is 0 Å². The maximum atomic E-state index is 5.23. The summed E-state index contributed by atoms with van der Waals surface area (Å²) in [5.74, 6) is 0.853. The fraction of sp³-hybridized carbons (Fsp3) is 0.133. The Labute approximate surface area is 129 Å². The molecule has 0 unspecified atom stereocenters. The number of benzene rings is 2. The minimum atomic E-state index is 0.853. The molecule has 0 radical (unpaired) electrons. The summed E-state index contributed by atoms with van der Waals surface area (Å²) in [6.45, 7) is 2.07. The van der Waals surface area contributed by atoms with E-state index in [0.29, 0.717) is 0 Å². The van der Waals surface area contributed by atoms with Crippen molar-refractivity contribution in [2.75, 3.05) is 12.4 Å². The first-order valence-corrected chi connectivity index (χ1v) is 7.74. The van der Waals surface area contributed by atoms with Crippen molar-refractivity contribution in [3.05, 3.63) is 46.4 Å². The summed E-state index contributed by atoms with van der Waals surface area (Å²) in [5.41, 5.74) is 3.21. The number of hydrogen-bond acceptors (Lipinski definition) is 4. The van der Waals surface area contributed by atoms with Crippen LogP contribution in [0.3, 0.4) is 0 Å². The van der Waals surface area contributed by atoms with Gasteiger partial charge < -0.3 is 10.1 Å². The number of aryl methyl sites for hydroxylation is 1. The molecule has 0 saturated carbocycles. The molecule has 0 fully saturated rings. The molecule has 3 aromatic rings. The summed E-state index contributed by atoms with van der Waals surface area (Å²) in [6.07, 6.45) is 0. The molecule has 102 valence electrons. The van der Waals surface area contributed by atoms with Crippen LogP contribution in [0.2, 0.25) is 0 Å². The molecule has 0 atom stereocenters. The molecule has 1 heterocycles. The average Bonchev–Trinajstić information content (AvgIpc) is 2.78. The van der Waals surface area contributed by atoms with E-state index in [9.17, 15) is 0 Å². The van der Waals surface area contributed by atoms with E-state index in [-0.39, 0.29) is 0 Å². The summed E-state index contributed by atoms with van der Waals surface area (Å²) in [6, 6.07) is 12.1. The Hall–Kier alpha value is -1.59. The fourth-order valence-electron chi connectivity index (χ4n) is 2.02. The Balaban J connectivity index is 1.94. The number of methoxy groups -OCH3 is 1. The number of aromatic nitrogens is 1. The number of hydrogen-bond donors (Lipinski definition) is 1. The molecule has 0 saturated heterocycles. The van der Waals surface area contributed by atoms with Gasteiger partial charge in [-0.2, -0.15) is 0 Å². The van der Waals surface area contributed by atoms with Crippen molar-refractivity contribution in [3.8, 4) is 5.75 Å².